The number of aromatic nitrogens is 4. The second kappa shape index (κ2) is 8.64. The van der Waals surface area contributed by atoms with Gasteiger partial charge < -0.3 is 14.6 Å². The van der Waals surface area contributed by atoms with E-state index in [1.54, 1.807) is 12.7 Å². The van der Waals surface area contributed by atoms with E-state index in [0.29, 0.717) is 18.3 Å². The highest BCUT2D eigenvalue weighted by Crippen LogP contribution is 2.36. The summed E-state index contributed by atoms with van der Waals surface area (Å²) in [6.45, 7) is 9.85. The molecule has 29 heavy (non-hydrogen) atoms. The van der Waals surface area contributed by atoms with E-state index >= 15 is 0 Å². The Morgan fingerprint density at radius 3 is 2.97 bits per heavy atom. The molecule has 6 nitrogen and oxygen atoms in total. The molecule has 1 atom stereocenters. The van der Waals surface area contributed by atoms with E-state index in [1.807, 2.05) is 13.8 Å². The zero-order valence-corrected chi connectivity index (χ0v) is 17.3. The number of ether oxygens (including phenoxy) is 1. The Bertz CT molecular complexity index is 996. The molecule has 1 aliphatic heterocycles. The maximum Gasteiger partial charge on any atom is 0.182 e. The first kappa shape index (κ1) is 19.4. The van der Waals surface area contributed by atoms with Gasteiger partial charge in [0.25, 0.3) is 0 Å². The van der Waals surface area contributed by atoms with Crippen LogP contribution in [0.3, 0.4) is 0 Å². The van der Waals surface area contributed by atoms with Gasteiger partial charge in [-0.25, -0.2) is 15.0 Å². The van der Waals surface area contributed by atoms with Crippen molar-refractivity contribution >= 4 is 22.6 Å². The molecule has 0 bridgehead atoms. The molecule has 1 N–H and O–H groups in total. The number of aromatic amines is 1. The molecule has 0 amide bonds. The lowest BCUT2D eigenvalue weighted by atomic mass is 9.88. The molecule has 1 unspecified atom stereocenters. The summed E-state index contributed by atoms with van der Waals surface area (Å²) in [5.41, 5.74) is 5.43. The van der Waals surface area contributed by atoms with Crippen LogP contribution in [0.4, 0.5) is 5.82 Å². The summed E-state index contributed by atoms with van der Waals surface area (Å²) in [7, 11) is 0. The van der Waals surface area contributed by atoms with Crippen LogP contribution in [-0.2, 0) is 6.42 Å². The average molecular weight is 392 g/mol. The van der Waals surface area contributed by atoms with E-state index in [0.717, 1.165) is 55.7 Å². The maximum absolute atomic E-state index is 6.33. The van der Waals surface area contributed by atoms with Crippen molar-refractivity contribution in [2.24, 2.45) is 0 Å². The second-order valence-electron chi connectivity index (χ2n) is 7.34. The Hall–Kier alpha value is -2.89. The topological polar surface area (TPSA) is 66.9 Å². The van der Waals surface area contributed by atoms with Crippen molar-refractivity contribution in [3.8, 4) is 5.75 Å². The molecule has 1 aromatic carbocycles. The van der Waals surface area contributed by atoms with Gasteiger partial charge in [-0.2, -0.15) is 0 Å². The minimum atomic E-state index is 0.300. The molecule has 0 radical (unpaired) electrons. The summed E-state index contributed by atoms with van der Waals surface area (Å²) < 4.78 is 6.33. The van der Waals surface area contributed by atoms with Gasteiger partial charge in [-0.1, -0.05) is 32.6 Å². The van der Waals surface area contributed by atoms with Crippen molar-refractivity contribution in [1.82, 2.24) is 19.9 Å². The van der Waals surface area contributed by atoms with Gasteiger partial charge in [0.05, 0.1) is 12.4 Å². The van der Waals surface area contributed by atoms with Crippen LogP contribution in [0.15, 0.2) is 37.4 Å². The van der Waals surface area contributed by atoms with Crippen LogP contribution < -0.4 is 9.64 Å². The molecule has 1 fully saturated rings. The van der Waals surface area contributed by atoms with E-state index < -0.39 is 0 Å². The summed E-state index contributed by atoms with van der Waals surface area (Å²) in [6.07, 6.45) is 8.81. The molecule has 0 spiro atoms. The molecule has 5 rings (SSSR count). The molecule has 6 heteroatoms. The van der Waals surface area contributed by atoms with Crippen LogP contribution in [0.5, 0.6) is 5.75 Å². The summed E-state index contributed by atoms with van der Waals surface area (Å²) >= 11 is 0. The smallest absolute Gasteiger partial charge is 0.182 e. The van der Waals surface area contributed by atoms with Gasteiger partial charge in [-0.3, -0.25) is 0 Å². The highest BCUT2D eigenvalue weighted by Gasteiger charge is 2.29. The Labute approximate surface area is 172 Å². The molecular formula is C23H29N5O. The van der Waals surface area contributed by atoms with Crippen molar-refractivity contribution in [1.29, 1.82) is 0 Å². The third kappa shape index (κ3) is 3.71. The molecule has 2 aromatic heterocycles. The lowest BCUT2D eigenvalue weighted by Gasteiger charge is -2.27. The van der Waals surface area contributed by atoms with Crippen LogP contribution in [0.25, 0.3) is 16.7 Å². The number of nitrogens with zero attached hydrogens (tertiary/aromatic N) is 4. The molecule has 2 aliphatic rings. The lowest BCUT2D eigenvalue weighted by Crippen LogP contribution is -2.35. The Kier molecular flexibility index (Phi) is 5.79. The van der Waals surface area contributed by atoms with Gasteiger partial charge >= 0.3 is 0 Å². The first-order valence-corrected chi connectivity index (χ1v) is 10.6. The number of fused-ring (bicyclic) bond motifs is 2. The minimum Gasteiger partial charge on any atom is -0.491 e. The Morgan fingerprint density at radius 2 is 2.07 bits per heavy atom. The number of hydrogen-bond donors (Lipinski definition) is 1. The van der Waals surface area contributed by atoms with Crippen molar-refractivity contribution in [3.63, 3.8) is 0 Å². The zero-order valence-electron chi connectivity index (χ0n) is 17.3. The van der Waals surface area contributed by atoms with Gasteiger partial charge in [-0.05, 0) is 49.3 Å². The fourth-order valence-corrected chi connectivity index (χ4v) is 4.35. The fourth-order valence-electron chi connectivity index (χ4n) is 4.35. The normalized spacial score (nSPS) is 18.3. The molecule has 3 aromatic rings. The van der Waals surface area contributed by atoms with Crippen molar-refractivity contribution in [2.45, 2.75) is 52.0 Å². The van der Waals surface area contributed by atoms with Crippen LogP contribution in [-0.4, -0.2) is 39.1 Å². The van der Waals surface area contributed by atoms with Crippen molar-refractivity contribution < 1.29 is 4.74 Å². The predicted octanol–water partition coefficient (Wildman–Crippen LogP) is 4.78. The van der Waals surface area contributed by atoms with E-state index in [4.69, 9.17) is 4.74 Å². The van der Waals surface area contributed by atoms with Crippen molar-refractivity contribution in [3.05, 3.63) is 48.6 Å². The fraction of sp³-hybridized carbons (Fsp3) is 0.435. The van der Waals surface area contributed by atoms with E-state index in [9.17, 15) is 0 Å². The van der Waals surface area contributed by atoms with Gasteiger partial charge in [0.1, 0.15) is 24.2 Å². The van der Waals surface area contributed by atoms with E-state index in [1.165, 1.54) is 16.7 Å². The Morgan fingerprint density at radius 1 is 1.17 bits per heavy atom. The Balaban J connectivity index is 0.000000994. The van der Waals surface area contributed by atoms with E-state index in [2.05, 4.69) is 49.6 Å². The maximum atomic E-state index is 6.33. The SMILES string of the molecule is C=C1CCCc2c(OCC3CCCN3c3ncnc4nc[nH]c34)cccc21.CC. The molecule has 3 heterocycles. The van der Waals surface area contributed by atoms with E-state index in [-0.39, 0.29) is 0 Å². The van der Waals surface area contributed by atoms with Gasteiger partial charge in [0, 0.05) is 12.1 Å². The first-order chi connectivity index (χ1) is 14.3. The van der Waals surface area contributed by atoms with Gasteiger partial charge in [0.15, 0.2) is 11.5 Å². The number of H-pyrrole nitrogens is 1. The largest absolute Gasteiger partial charge is 0.491 e. The number of imidazole rings is 1. The third-order valence-electron chi connectivity index (χ3n) is 5.70. The number of hydrogen-bond acceptors (Lipinski definition) is 5. The average Bonchev–Trinajstić information content (AvgIpc) is 3.43. The molecule has 0 saturated carbocycles. The summed E-state index contributed by atoms with van der Waals surface area (Å²) in [4.78, 5) is 18.5. The number of anilines is 1. The van der Waals surface area contributed by atoms with Crippen LogP contribution in [0, 0.1) is 0 Å². The van der Waals surface area contributed by atoms with Crippen LogP contribution in [0.2, 0.25) is 0 Å². The van der Waals surface area contributed by atoms with Gasteiger partial charge in [0.2, 0.25) is 0 Å². The summed E-state index contributed by atoms with van der Waals surface area (Å²) in [5, 5.41) is 0. The third-order valence-corrected chi connectivity index (χ3v) is 5.70. The number of benzene rings is 1. The van der Waals surface area contributed by atoms with Crippen molar-refractivity contribution in [2.75, 3.05) is 18.1 Å². The number of nitrogens with one attached hydrogen (secondary N) is 1. The van der Waals surface area contributed by atoms with Gasteiger partial charge in [-0.15, -0.1) is 0 Å². The summed E-state index contributed by atoms with van der Waals surface area (Å²) in [5.74, 6) is 1.93. The monoisotopic (exact) mass is 391 g/mol. The highest BCUT2D eigenvalue weighted by atomic mass is 16.5. The van der Waals surface area contributed by atoms with Crippen LogP contribution >= 0.6 is 0 Å². The zero-order chi connectivity index (χ0) is 20.2. The lowest BCUT2D eigenvalue weighted by molar-refractivity contribution is 0.285. The van der Waals surface area contributed by atoms with Crippen LogP contribution in [0.1, 0.15) is 50.7 Å². The molecule has 1 aliphatic carbocycles. The second-order valence-corrected chi connectivity index (χ2v) is 7.34. The molecule has 152 valence electrons. The molecular weight excluding hydrogens is 362 g/mol. The minimum absolute atomic E-state index is 0.300. The summed E-state index contributed by atoms with van der Waals surface area (Å²) in [6, 6.07) is 6.64. The first-order valence-electron chi connectivity index (χ1n) is 10.6. The predicted molar refractivity (Wildman–Crippen MR) is 117 cm³/mol. The number of rotatable bonds is 4. The standard InChI is InChI=1S/C21H23N5O.C2H6/c1-14-5-2-8-17-16(14)7-3-9-18(17)27-11-15-6-4-10-26(15)21-19-20(23-12-22-19)24-13-25-21;1-2/h3,7,9,12-13,15H,1-2,4-6,8,10-11H2,(H,22,23,24,25);1-2H3. The number of allylic oxidation sites excluding steroid dienone is 1. The quantitative estimate of drug-likeness (QED) is 0.693. The molecule has 1 saturated heterocycles. The highest BCUT2D eigenvalue weighted by molar-refractivity contribution is 5.83.